The quantitative estimate of drug-likeness (QED) is 0.637. The number of aromatic nitrogens is 2. The third-order valence-corrected chi connectivity index (χ3v) is 2.58. The zero-order valence-corrected chi connectivity index (χ0v) is 13.3. The number of nitrogen functional groups attached to an aromatic ring is 1. The number of nitrogens with one attached hydrogen (secondary N) is 1. The summed E-state index contributed by atoms with van der Waals surface area (Å²) in [4.78, 5) is 8.58. The van der Waals surface area contributed by atoms with Gasteiger partial charge in [0.15, 0.2) is 11.6 Å². The number of anilines is 2. The second-order valence-corrected chi connectivity index (χ2v) is 4.77. The molecule has 0 aromatic carbocycles. The molecule has 0 spiro atoms. The number of hydrogen-bond donors (Lipinski definition) is 2. The molecule has 1 heterocycles. The second-order valence-electron chi connectivity index (χ2n) is 4.77. The Morgan fingerprint density at radius 3 is 2.67 bits per heavy atom. The lowest BCUT2D eigenvalue weighted by Crippen LogP contribution is -2.14. The van der Waals surface area contributed by atoms with Crippen molar-refractivity contribution in [3.8, 4) is 5.88 Å². The smallest absolute Gasteiger partial charge is 0.242 e. The zero-order valence-electron chi connectivity index (χ0n) is 13.3. The molecule has 0 fully saturated rings. The van der Waals surface area contributed by atoms with Gasteiger partial charge in [0, 0.05) is 20.3 Å². The first-order valence-electron chi connectivity index (χ1n) is 7.22. The summed E-state index contributed by atoms with van der Waals surface area (Å²) in [7, 11) is 1.59. The minimum absolute atomic E-state index is 0.243. The van der Waals surface area contributed by atoms with Crippen molar-refractivity contribution in [3.05, 3.63) is 5.82 Å². The Kier molecular flexibility index (Phi) is 7.78. The second kappa shape index (κ2) is 9.36. The SMILES string of the molecule is CCOc1nc(COC)nc(NCCCOC(C)C)c1N. The molecule has 21 heavy (non-hydrogen) atoms. The maximum Gasteiger partial charge on any atom is 0.242 e. The van der Waals surface area contributed by atoms with E-state index in [1.54, 1.807) is 7.11 Å². The van der Waals surface area contributed by atoms with E-state index in [0.717, 1.165) is 6.42 Å². The van der Waals surface area contributed by atoms with Gasteiger partial charge < -0.3 is 25.3 Å². The molecule has 1 rings (SSSR count). The summed E-state index contributed by atoms with van der Waals surface area (Å²) < 4.78 is 16.0. The van der Waals surface area contributed by atoms with E-state index in [1.807, 2.05) is 20.8 Å². The highest BCUT2D eigenvalue weighted by atomic mass is 16.5. The highest BCUT2D eigenvalue weighted by Crippen LogP contribution is 2.26. The average Bonchev–Trinajstić information content (AvgIpc) is 2.43. The molecule has 0 bridgehead atoms. The fourth-order valence-corrected chi connectivity index (χ4v) is 1.67. The van der Waals surface area contributed by atoms with Crippen molar-refractivity contribution in [1.82, 2.24) is 9.97 Å². The van der Waals surface area contributed by atoms with E-state index in [0.29, 0.717) is 49.6 Å². The molecule has 0 amide bonds. The molecule has 0 aliphatic carbocycles. The monoisotopic (exact) mass is 298 g/mol. The molecule has 0 unspecified atom stereocenters. The molecule has 1 aromatic heterocycles. The molecule has 1 aromatic rings. The lowest BCUT2D eigenvalue weighted by molar-refractivity contribution is 0.0787. The number of nitrogens with two attached hydrogens (primary N) is 1. The van der Waals surface area contributed by atoms with Gasteiger partial charge in [0.1, 0.15) is 12.3 Å². The molecule has 0 saturated carbocycles. The Morgan fingerprint density at radius 1 is 1.29 bits per heavy atom. The molecule has 0 radical (unpaired) electrons. The van der Waals surface area contributed by atoms with Gasteiger partial charge in [-0.1, -0.05) is 0 Å². The third-order valence-electron chi connectivity index (χ3n) is 2.58. The maximum absolute atomic E-state index is 6.01. The van der Waals surface area contributed by atoms with E-state index in [4.69, 9.17) is 19.9 Å². The summed E-state index contributed by atoms with van der Waals surface area (Å²) in [6, 6.07) is 0. The molecule has 7 heteroatoms. The summed E-state index contributed by atoms with van der Waals surface area (Å²) in [5.41, 5.74) is 6.43. The van der Waals surface area contributed by atoms with Gasteiger partial charge in [-0.3, -0.25) is 0 Å². The van der Waals surface area contributed by atoms with Crippen molar-refractivity contribution in [2.45, 2.75) is 39.9 Å². The normalized spacial score (nSPS) is 10.9. The molecule has 0 atom stereocenters. The number of rotatable bonds is 10. The van der Waals surface area contributed by atoms with Crippen LogP contribution in [0.15, 0.2) is 0 Å². The summed E-state index contributed by atoms with van der Waals surface area (Å²) in [5.74, 6) is 1.50. The van der Waals surface area contributed by atoms with Gasteiger partial charge in [-0.25, -0.2) is 4.98 Å². The van der Waals surface area contributed by atoms with Crippen LogP contribution < -0.4 is 15.8 Å². The van der Waals surface area contributed by atoms with Crippen LogP contribution in [0.1, 0.15) is 33.0 Å². The molecular weight excluding hydrogens is 272 g/mol. The van der Waals surface area contributed by atoms with Gasteiger partial charge in [-0.2, -0.15) is 4.98 Å². The topological polar surface area (TPSA) is 91.5 Å². The average molecular weight is 298 g/mol. The van der Waals surface area contributed by atoms with E-state index in [-0.39, 0.29) is 6.10 Å². The standard InChI is InChI=1S/C14H26N4O3/c1-5-20-14-12(15)13(17-11(18-14)9-19-4)16-7-6-8-21-10(2)3/h10H,5-9,15H2,1-4H3,(H,16,17,18). The zero-order chi connectivity index (χ0) is 15.7. The van der Waals surface area contributed by atoms with Gasteiger partial charge >= 0.3 is 0 Å². The molecule has 0 aliphatic rings. The molecule has 3 N–H and O–H groups in total. The van der Waals surface area contributed by atoms with Crippen molar-refractivity contribution in [1.29, 1.82) is 0 Å². The van der Waals surface area contributed by atoms with Crippen LogP contribution in [0, 0.1) is 0 Å². The van der Waals surface area contributed by atoms with Gasteiger partial charge in [0.2, 0.25) is 5.88 Å². The van der Waals surface area contributed by atoms with Gasteiger partial charge in [0.05, 0.1) is 12.7 Å². The third kappa shape index (κ3) is 6.14. The highest BCUT2D eigenvalue weighted by Gasteiger charge is 2.12. The Labute approximate surface area is 126 Å². The summed E-state index contributed by atoms with van der Waals surface area (Å²) in [5, 5.41) is 3.19. The van der Waals surface area contributed by atoms with Crippen LogP contribution in [0.25, 0.3) is 0 Å². The van der Waals surface area contributed by atoms with E-state index in [2.05, 4.69) is 15.3 Å². The van der Waals surface area contributed by atoms with Crippen molar-refractivity contribution >= 4 is 11.5 Å². The molecule has 7 nitrogen and oxygen atoms in total. The predicted octanol–water partition coefficient (Wildman–Crippen LogP) is 1.83. The van der Waals surface area contributed by atoms with Crippen LogP contribution in [0.5, 0.6) is 5.88 Å². The largest absolute Gasteiger partial charge is 0.476 e. The number of methoxy groups -OCH3 is 1. The number of ether oxygens (including phenoxy) is 3. The molecule has 0 saturated heterocycles. The van der Waals surface area contributed by atoms with Crippen molar-refractivity contribution in [2.24, 2.45) is 0 Å². The summed E-state index contributed by atoms with van der Waals surface area (Å²) in [6.07, 6.45) is 1.11. The minimum atomic E-state index is 0.243. The Balaban J connectivity index is 2.65. The Bertz CT molecular complexity index is 427. The van der Waals surface area contributed by atoms with Crippen molar-refractivity contribution in [3.63, 3.8) is 0 Å². The van der Waals surface area contributed by atoms with E-state index >= 15 is 0 Å². The van der Waals surface area contributed by atoms with E-state index in [9.17, 15) is 0 Å². The van der Waals surface area contributed by atoms with Crippen molar-refractivity contribution < 1.29 is 14.2 Å². The van der Waals surface area contributed by atoms with Crippen LogP contribution in [0.4, 0.5) is 11.5 Å². The van der Waals surface area contributed by atoms with Crippen LogP contribution in [0.2, 0.25) is 0 Å². The van der Waals surface area contributed by atoms with Crippen LogP contribution >= 0.6 is 0 Å². The first kappa shape index (κ1) is 17.5. The predicted molar refractivity (Wildman–Crippen MR) is 82.5 cm³/mol. The van der Waals surface area contributed by atoms with E-state index < -0.39 is 0 Å². The lowest BCUT2D eigenvalue weighted by atomic mass is 10.4. The Hall–Kier alpha value is -1.60. The molecule has 0 aliphatic heterocycles. The summed E-state index contributed by atoms with van der Waals surface area (Å²) in [6.45, 7) is 8.13. The van der Waals surface area contributed by atoms with Gasteiger partial charge in [-0.05, 0) is 27.2 Å². The van der Waals surface area contributed by atoms with Gasteiger partial charge in [0.25, 0.3) is 0 Å². The van der Waals surface area contributed by atoms with Gasteiger partial charge in [-0.15, -0.1) is 0 Å². The van der Waals surface area contributed by atoms with Crippen LogP contribution in [-0.4, -0.2) is 42.9 Å². The summed E-state index contributed by atoms with van der Waals surface area (Å²) >= 11 is 0. The fraction of sp³-hybridized carbons (Fsp3) is 0.714. The first-order chi connectivity index (χ1) is 10.1. The highest BCUT2D eigenvalue weighted by molar-refractivity contribution is 5.66. The minimum Gasteiger partial charge on any atom is -0.476 e. The maximum atomic E-state index is 6.01. The number of hydrogen-bond acceptors (Lipinski definition) is 7. The lowest BCUT2D eigenvalue weighted by Gasteiger charge is -2.14. The van der Waals surface area contributed by atoms with Crippen molar-refractivity contribution in [2.75, 3.05) is 37.9 Å². The first-order valence-corrected chi connectivity index (χ1v) is 7.22. The number of nitrogens with zero attached hydrogens (tertiary/aromatic N) is 2. The molecular formula is C14H26N4O3. The fourth-order valence-electron chi connectivity index (χ4n) is 1.67. The van der Waals surface area contributed by atoms with E-state index in [1.165, 1.54) is 0 Å². The van der Waals surface area contributed by atoms with Crippen LogP contribution in [-0.2, 0) is 16.1 Å². The molecule has 120 valence electrons. The van der Waals surface area contributed by atoms with Crippen LogP contribution in [0.3, 0.4) is 0 Å². The Morgan fingerprint density at radius 2 is 2.05 bits per heavy atom.